The first kappa shape index (κ1) is 18.0. The maximum absolute atomic E-state index is 12.4. The van der Waals surface area contributed by atoms with E-state index in [9.17, 15) is 9.59 Å². The van der Waals surface area contributed by atoms with Crippen LogP contribution in [0.1, 0.15) is 0 Å². The molecule has 1 aromatic carbocycles. The lowest BCUT2D eigenvalue weighted by Crippen LogP contribution is -2.54. The van der Waals surface area contributed by atoms with E-state index in [4.69, 9.17) is 16.3 Å². The van der Waals surface area contributed by atoms with Gasteiger partial charge < -0.3 is 19.9 Å². The lowest BCUT2D eigenvalue weighted by molar-refractivity contribution is -0.134. The number of morpholine rings is 1. The Morgan fingerprint density at radius 2 is 1.56 bits per heavy atom. The van der Waals surface area contributed by atoms with E-state index in [0.717, 1.165) is 13.1 Å². The number of piperazine rings is 1. The highest BCUT2D eigenvalue weighted by Gasteiger charge is 2.25. The second-order valence-electron chi connectivity index (χ2n) is 6.19. The van der Waals surface area contributed by atoms with Crippen LogP contribution in [0.25, 0.3) is 0 Å². The molecule has 2 saturated heterocycles. The van der Waals surface area contributed by atoms with Gasteiger partial charge in [0.05, 0.1) is 19.8 Å². The average Bonchev–Trinajstić information content (AvgIpc) is 2.64. The molecule has 8 heteroatoms. The summed E-state index contributed by atoms with van der Waals surface area (Å²) in [6.45, 7) is 5.61. The van der Waals surface area contributed by atoms with E-state index in [-0.39, 0.29) is 11.9 Å². The van der Waals surface area contributed by atoms with Gasteiger partial charge in [-0.1, -0.05) is 11.6 Å². The summed E-state index contributed by atoms with van der Waals surface area (Å²) in [5.74, 6) is 0.125. The molecule has 0 bridgehead atoms. The standard InChI is InChI=1S/C17H23ClN4O3/c18-14-1-3-15(4-2-14)19-17(24)22-7-5-21(6-8-22)16(23)13-20-9-11-25-12-10-20/h1-4H,5-13H2,(H,19,24). The van der Waals surface area contributed by atoms with Crippen molar-refractivity contribution in [3.63, 3.8) is 0 Å². The average molecular weight is 367 g/mol. The van der Waals surface area contributed by atoms with Gasteiger partial charge in [0.2, 0.25) is 5.91 Å². The molecule has 0 aliphatic carbocycles. The number of carbonyl (C=O) groups is 2. The van der Waals surface area contributed by atoms with Crippen molar-refractivity contribution in [1.82, 2.24) is 14.7 Å². The van der Waals surface area contributed by atoms with Gasteiger partial charge in [-0.05, 0) is 24.3 Å². The van der Waals surface area contributed by atoms with Crippen molar-refractivity contribution in [1.29, 1.82) is 0 Å². The normalized spacial score (nSPS) is 18.9. The monoisotopic (exact) mass is 366 g/mol. The molecule has 2 aliphatic rings. The Morgan fingerprint density at radius 3 is 2.20 bits per heavy atom. The minimum atomic E-state index is -0.150. The number of hydrogen-bond acceptors (Lipinski definition) is 4. The van der Waals surface area contributed by atoms with Gasteiger partial charge in [-0.3, -0.25) is 9.69 Å². The third-order valence-electron chi connectivity index (χ3n) is 4.48. The van der Waals surface area contributed by atoms with Gasteiger partial charge in [-0.15, -0.1) is 0 Å². The Labute approximate surface area is 152 Å². The maximum Gasteiger partial charge on any atom is 0.321 e. The summed E-state index contributed by atoms with van der Waals surface area (Å²) in [7, 11) is 0. The smallest absolute Gasteiger partial charge is 0.321 e. The third-order valence-corrected chi connectivity index (χ3v) is 4.73. The number of hydrogen-bond donors (Lipinski definition) is 1. The Balaban J connectivity index is 1.43. The number of anilines is 1. The maximum atomic E-state index is 12.4. The van der Waals surface area contributed by atoms with Crippen LogP contribution >= 0.6 is 11.6 Å². The summed E-state index contributed by atoms with van der Waals surface area (Å²) in [5.41, 5.74) is 0.709. The van der Waals surface area contributed by atoms with Gasteiger partial charge in [0, 0.05) is 50.0 Å². The lowest BCUT2D eigenvalue weighted by atomic mass is 10.3. The fourth-order valence-corrected chi connectivity index (χ4v) is 3.07. The van der Waals surface area contributed by atoms with E-state index < -0.39 is 0 Å². The van der Waals surface area contributed by atoms with Gasteiger partial charge >= 0.3 is 6.03 Å². The first-order chi connectivity index (χ1) is 12.1. The zero-order valence-corrected chi connectivity index (χ0v) is 14.9. The first-order valence-electron chi connectivity index (χ1n) is 8.51. The van der Waals surface area contributed by atoms with Crippen LogP contribution in [-0.2, 0) is 9.53 Å². The predicted octanol–water partition coefficient (Wildman–Crippen LogP) is 1.35. The van der Waals surface area contributed by atoms with E-state index >= 15 is 0 Å². The molecule has 1 aromatic rings. The highest BCUT2D eigenvalue weighted by molar-refractivity contribution is 6.30. The SMILES string of the molecule is O=C(CN1CCOCC1)N1CCN(C(=O)Nc2ccc(Cl)cc2)CC1. The van der Waals surface area contributed by atoms with Crippen molar-refractivity contribution < 1.29 is 14.3 Å². The summed E-state index contributed by atoms with van der Waals surface area (Å²) < 4.78 is 5.30. The van der Waals surface area contributed by atoms with Crippen LogP contribution in [0.4, 0.5) is 10.5 Å². The van der Waals surface area contributed by atoms with Crippen LogP contribution in [0.3, 0.4) is 0 Å². The quantitative estimate of drug-likeness (QED) is 0.877. The van der Waals surface area contributed by atoms with Crippen LogP contribution in [0, 0.1) is 0 Å². The minimum Gasteiger partial charge on any atom is -0.379 e. The Bertz CT molecular complexity index is 596. The summed E-state index contributed by atoms with van der Waals surface area (Å²) >= 11 is 5.84. The molecule has 2 heterocycles. The Hall–Kier alpha value is -1.83. The van der Waals surface area contributed by atoms with Gasteiger partial charge in [0.1, 0.15) is 0 Å². The lowest BCUT2D eigenvalue weighted by Gasteiger charge is -2.36. The van der Waals surface area contributed by atoms with Gasteiger partial charge in [0.25, 0.3) is 0 Å². The molecule has 7 nitrogen and oxygen atoms in total. The van der Waals surface area contributed by atoms with Crippen LogP contribution < -0.4 is 5.32 Å². The van der Waals surface area contributed by atoms with E-state index in [1.807, 2.05) is 4.90 Å². The Morgan fingerprint density at radius 1 is 0.960 bits per heavy atom. The molecule has 3 amide bonds. The van der Waals surface area contributed by atoms with Crippen molar-refractivity contribution in [3.8, 4) is 0 Å². The molecule has 0 radical (unpaired) electrons. The van der Waals surface area contributed by atoms with Gasteiger partial charge in [0.15, 0.2) is 0 Å². The zero-order chi connectivity index (χ0) is 17.6. The van der Waals surface area contributed by atoms with E-state index in [1.165, 1.54) is 0 Å². The fraction of sp³-hybridized carbons (Fsp3) is 0.529. The molecule has 25 heavy (non-hydrogen) atoms. The number of urea groups is 1. The summed E-state index contributed by atoms with van der Waals surface area (Å²) in [6, 6.07) is 6.85. The van der Waals surface area contributed by atoms with Crippen molar-refractivity contribution >= 4 is 29.2 Å². The predicted molar refractivity (Wildman–Crippen MR) is 95.9 cm³/mol. The van der Waals surface area contributed by atoms with Crippen LogP contribution in [0.15, 0.2) is 24.3 Å². The van der Waals surface area contributed by atoms with Crippen LogP contribution in [0.2, 0.25) is 5.02 Å². The van der Waals surface area contributed by atoms with E-state index in [2.05, 4.69) is 10.2 Å². The number of ether oxygens (including phenoxy) is 1. The molecular formula is C17H23ClN4O3. The third kappa shape index (κ3) is 5.07. The minimum absolute atomic E-state index is 0.125. The second kappa shape index (κ2) is 8.51. The number of nitrogens with zero attached hydrogens (tertiary/aromatic N) is 3. The van der Waals surface area contributed by atoms with Crippen LogP contribution in [0.5, 0.6) is 0 Å². The van der Waals surface area contributed by atoms with Crippen molar-refractivity contribution in [3.05, 3.63) is 29.3 Å². The first-order valence-corrected chi connectivity index (χ1v) is 8.89. The number of nitrogens with one attached hydrogen (secondary N) is 1. The molecule has 0 unspecified atom stereocenters. The van der Waals surface area contributed by atoms with Gasteiger partial charge in [-0.2, -0.15) is 0 Å². The fourth-order valence-electron chi connectivity index (χ4n) is 2.95. The molecule has 3 rings (SSSR count). The molecule has 2 aliphatic heterocycles. The van der Waals surface area contributed by atoms with Crippen LogP contribution in [-0.4, -0.2) is 85.7 Å². The molecule has 1 N–H and O–H groups in total. The number of amides is 3. The van der Waals surface area contributed by atoms with E-state index in [1.54, 1.807) is 29.2 Å². The summed E-state index contributed by atoms with van der Waals surface area (Å²) in [4.78, 5) is 30.4. The number of carbonyl (C=O) groups excluding carboxylic acids is 2. The molecule has 0 atom stereocenters. The molecule has 0 saturated carbocycles. The van der Waals surface area contributed by atoms with E-state index in [0.29, 0.717) is 56.6 Å². The largest absolute Gasteiger partial charge is 0.379 e. The number of benzene rings is 1. The Kier molecular flexibility index (Phi) is 6.12. The highest BCUT2D eigenvalue weighted by Crippen LogP contribution is 2.14. The highest BCUT2D eigenvalue weighted by atomic mass is 35.5. The zero-order valence-electron chi connectivity index (χ0n) is 14.1. The number of halogens is 1. The van der Waals surface area contributed by atoms with Crippen molar-refractivity contribution in [2.75, 3.05) is 64.3 Å². The summed E-state index contributed by atoms with van der Waals surface area (Å²) in [6.07, 6.45) is 0. The molecular weight excluding hydrogens is 344 g/mol. The van der Waals surface area contributed by atoms with Gasteiger partial charge in [-0.25, -0.2) is 4.79 Å². The van der Waals surface area contributed by atoms with Crippen molar-refractivity contribution in [2.24, 2.45) is 0 Å². The second-order valence-corrected chi connectivity index (χ2v) is 6.63. The molecule has 2 fully saturated rings. The molecule has 0 aromatic heterocycles. The summed E-state index contributed by atoms with van der Waals surface area (Å²) in [5, 5.41) is 3.48. The topological polar surface area (TPSA) is 65.1 Å². The molecule has 0 spiro atoms. The van der Waals surface area contributed by atoms with Crippen molar-refractivity contribution in [2.45, 2.75) is 0 Å². The molecule has 136 valence electrons. The number of rotatable bonds is 3.